The van der Waals surface area contributed by atoms with Crippen molar-refractivity contribution in [2.75, 3.05) is 4.90 Å². The smallest absolute Gasteiger partial charge is 0.431 e. The predicted octanol–water partition coefficient (Wildman–Crippen LogP) is 9.91. The number of para-hydroxylation sites is 2. The maximum Gasteiger partial charge on any atom is 0.431 e. The number of hydrogen-bond acceptors (Lipinski definition) is 2. The molecule has 2 aliphatic heterocycles. The maximum atomic E-state index is 7.03. The highest BCUT2D eigenvalue weighted by molar-refractivity contribution is 6.86. The molecule has 0 atom stereocenters. The van der Waals surface area contributed by atoms with E-state index < -0.39 is 0 Å². The van der Waals surface area contributed by atoms with Gasteiger partial charge in [0.25, 0.3) is 0 Å². The van der Waals surface area contributed by atoms with Crippen LogP contribution in [0.2, 0.25) is 0 Å². The lowest BCUT2D eigenvalue weighted by atomic mass is 9.49. The first-order valence-corrected chi connectivity index (χ1v) is 16.5. The van der Waals surface area contributed by atoms with Gasteiger partial charge >= 0.3 is 6.92 Å². The van der Waals surface area contributed by atoms with E-state index >= 15 is 0 Å². The van der Waals surface area contributed by atoms with Gasteiger partial charge in [0, 0.05) is 39.7 Å². The SMILES string of the molecule is c1ccc(-c2ccc(N3c4ccc(-c5ccccc5)cc4B4Oc5ccccc5-c5cc6c(ccn6-c6ccccc6)c3c54)cc2)cc1. The Bertz CT molecular complexity index is 2470. The molecule has 48 heavy (non-hydrogen) atoms. The van der Waals surface area contributed by atoms with Gasteiger partial charge in [-0.25, -0.2) is 0 Å². The minimum atomic E-state index is -0.257. The van der Waals surface area contributed by atoms with Crippen molar-refractivity contribution in [2.24, 2.45) is 0 Å². The van der Waals surface area contributed by atoms with Gasteiger partial charge in [-0.1, -0.05) is 121 Å². The van der Waals surface area contributed by atoms with Gasteiger partial charge in [0.05, 0.1) is 11.2 Å². The van der Waals surface area contributed by atoms with E-state index in [1.807, 2.05) is 0 Å². The monoisotopic (exact) mass is 612 g/mol. The van der Waals surface area contributed by atoms with Crippen molar-refractivity contribution < 1.29 is 4.65 Å². The minimum absolute atomic E-state index is 0.257. The largest absolute Gasteiger partial charge is 0.551 e. The number of nitrogens with zero attached hydrogens (tertiary/aromatic N) is 2. The summed E-state index contributed by atoms with van der Waals surface area (Å²) in [5.74, 6) is 0.912. The second-order valence-corrected chi connectivity index (χ2v) is 12.5. The van der Waals surface area contributed by atoms with Gasteiger partial charge in [0.15, 0.2) is 0 Å². The predicted molar refractivity (Wildman–Crippen MR) is 200 cm³/mol. The zero-order valence-corrected chi connectivity index (χ0v) is 26.1. The average Bonchev–Trinajstić information content (AvgIpc) is 3.60. The molecule has 3 nitrogen and oxygen atoms in total. The fraction of sp³-hybridized carbons (Fsp3) is 0. The fourth-order valence-corrected chi connectivity index (χ4v) is 7.62. The molecule has 0 spiro atoms. The number of fused-ring (bicyclic) bond motifs is 6. The van der Waals surface area contributed by atoms with Crippen molar-refractivity contribution in [2.45, 2.75) is 0 Å². The van der Waals surface area contributed by atoms with Crippen LogP contribution >= 0.6 is 0 Å². The lowest BCUT2D eigenvalue weighted by Gasteiger charge is -2.40. The first-order chi connectivity index (χ1) is 23.8. The topological polar surface area (TPSA) is 17.4 Å². The molecular formula is C44H29BN2O. The van der Waals surface area contributed by atoms with Crippen molar-refractivity contribution in [1.29, 1.82) is 0 Å². The number of hydrogen-bond donors (Lipinski definition) is 0. The lowest BCUT2D eigenvalue weighted by Crippen LogP contribution is -2.56. The van der Waals surface area contributed by atoms with E-state index in [4.69, 9.17) is 4.65 Å². The summed E-state index contributed by atoms with van der Waals surface area (Å²) in [6.45, 7) is -0.257. The number of benzene rings is 7. The zero-order chi connectivity index (χ0) is 31.6. The molecule has 0 bridgehead atoms. The zero-order valence-electron chi connectivity index (χ0n) is 26.1. The van der Waals surface area contributed by atoms with Crippen LogP contribution in [0.25, 0.3) is 50.0 Å². The first kappa shape index (κ1) is 26.9. The Labute approximate surface area is 280 Å². The van der Waals surface area contributed by atoms with Crippen LogP contribution in [-0.4, -0.2) is 11.5 Å². The van der Waals surface area contributed by atoms with Crippen LogP contribution in [0.4, 0.5) is 17.1 Å². The number of rotatable bonds is 4. The van der Waals surface area contributed by atoms with Crippen LogP contribution in [0, 0.1) is 0 Å². The second kappa shape index (κ2) is 10.6. The van der Waals surface area contributed by atoms with Crippen molar-refractivity contribution in [3.63, 3.8) is 0 Å². The fourth-order valence-electron chi connectivity index (χ4n) is 7.62. The molecule has 0 aliphatic carbocycles. The summed E-state index contributed by atoms with van der Waals surface area (Å²) >= 11 is 0. The molecular weight excluding hydrogens is 583 g/mol. The molecule has 4 heteroatoms. The Balaban J connectivity index is 1.27. The highest BCUT2D eigenvalue weighted by Gasteiger charge is 2.44. The maximum absolute atomic E-state index is 7.03. The van der Waals surface area contributed by atoms with Crippen molar-refractivity contribution in [1.82, 2.24) is 4.57 Å². The van der Waals surface area contributed by atoms with Gasteiger partial charge in [0.2, 0.25) is 0 Å². The molecule has 2 aliphatic rings. The minimum Gasteiger partial charge on any atom is -0.551 e. The summed E-state index contributed by atoms with van der Waals surface area (Å²) in [5.41, 5.74) is 15.2. The molecule has 0 N–H and O–H groups in total. The Kier molecular flexibility index (Phi) is 5.97. The van der Waals surface area contributed by atoms with Crippen LogP contribution in [0.5, 0.6) is 5.75 Å². The third kappa shape index (κ3) is 4.09. The van der Waals surface area contributed by atoms with Gasteiger partial charge in [0.1, 0.15) is 5.75 Å². The molecule has 224 valence electrons. The van der Waals surface area contributed by atoms with Crippen LogP contribution in [-0.2, 0) is 0 Å². The quantitative estimate of drug-likeness (QED) is 0.184. The second-order valence-electron chi connectivity index (χ2n) is 12.5. The summed E-state index contributed by atoms with van der Waals surface area (Å²) in [7, 11) is 0. The van der Waals surface area contributed by atoms with Crippen LogP contribution in [0.3, 0.4) is 0 Å². The van der Waals surface area contributed by atoms with E-state index in [1.54, 1.807) is 0 Å². The van der Waals surface area contributed by atoms with Crippen LogP contribution in [0.1, 0.15) is 0 Å². The van der Waals surface area contributed by atoms with E-state index in [0.29, 0.717) is 0 Å². The summed E-state index contributed by atoms with van der Waals surface area (Å²) < 4.78 is 9.33. The molecule has 0 fully saturated rings. The van der Waals surface area contributed by atoms with Crippen LogP contribution < -0.4 is 20.5 Å². The number of aromatic nitrogens is 1. The highest BCUT2D eigenvalue weighted by Crippen LogP contribution is 2.47. The van der Waals surface area contributed by atoms with Gasteiger partial charge in [-0.05, 0) is 81.8 Å². The van der Waals surface area contributed by atoms with Crippen LogP contribution in [0.15, 0.2) is 176 Å². The van der Waals surface area contributed by atoms with E-state index in [1.165, 1.54) is 49.9 Å². The molecule has 10 rings (SSSR count). The first-order valence-electron chi connectivity index (χ1n) is 16.5. The molecule has 0 saturated heterocycles. The lowest BCUT2D eigenvalue weighted by molar-refractivity contribution is 0.590. The molecule has 0 saturated carbocycles. The molecule has 3 heterocycles. The van der Waals surface area contributed by atoms with E-state index in [0.717, 1.165) is 33.8 Å². The average molecular weight is 613 g/mol. The van der Waals surface area contributed by atoms with Crippen molar-refractivity contribution in [3.8, 4) is 44.8 Å². The normalized spacial score (nSPS) is 12.7. The molecule has 8 aromatic rings. The molecule has 7 aromatic carbocycles. The van der Waals surface area contributed by atoms with Crippen molar-refractivity contribution in [3.05, 3.63) is 176 Å². The molecule has 1 aromatic heterocycles. The standard InChI is InChI=1S/C44H29BN2O/c1-4-12-30(13-5-1)32-20-23-35(24-21-32)47-40-25-22-33(31-14-6-2-7-15-31)28-39(40)45-43-38(36-18-10-11-19-42(36)48-45)29-41-37(44(43)47)26-27-46(41)34-16-8-3-9-17-34/h1-29H. The Morgan fingerprint density at radius 2 is 1.10 bits per heavy atom. The third-order valence-corrected chi connectivity index (χ3v) is 9.84. The summed E-state index contributed by atoms with van der Waals surface area (Å²) in [5, 5.41) is 1.19. The highest BCUT2D eigenvalue weighted by atomic mass is 16.4. The van der Waals surface area contributed by atoms with Gasteiger partial charge in [-0.3, -0.25) is 0 Å². The number of anilines is 3. The van der Waals surface area contributed by atoms with Gasteiger partial charge in [-0.15, -0.1) is 0 Å². The van der Waals surface area contributed by atoms with Crippen molar-refractivity contribution >= 4 is 45.8 Å². The Hall–Kier alpha value is -6.26. The van der Waals surface area contributed by atoms with E-state index in [2.05, 4.69) is 186 Å². The summed E-state index contributed by atoms with van der Waals surface area (Å²) in [6.07, 6.45) is 2.20. The summed E-state index contributed by atoms with van der Waals surface area (Å²) in [6, 6.07) is 60.8. The molecule has 0 unspecified atom stereocenters. The van der Waals surface area contributed by atoms with E-state index in [-0.39, 0.29) is 6.92 Å². The van der Waals surface area contributed by atoms with Gasteiger partial charge < -0.3 is 14.1 Å². The molecule has 0 amide bonds. The third-order valence-electron chi connectivity index (χ3n) is 9.84. The summed E-state index contributed by atoms with van der Waals surface area (Å²) in [4.78, 5) is 2.46. The Morgan fingerprint density at radius 1 is 0.479 bits per heavy atom. The van der Waals surface area contributed by atoms with E-state index in [9.17, 15) is 0 Å². The van der Waals surface area contributed by atoms with Gasteiger partial charge in [-0.2, -0.15) is 0 Å². The molecule has 0 radical (unpaired) electrons. The Morgan fingerprint density at radius 3 is 1.85 bits per heavy atom.